The molecule has 1 amide bonds. The third kappa shape index (κ3) is 3.36. The number of methoxy groups -OCH3 is 1. The third-order valence-electron chi connectivity index (χ3n) is 4.14. The summed E-state index contributed by atoms with van der Waals surface area (Å²) >= 11 is 0. The third-order valence-corrected chi connectivity index (χ3v) is 4.14. The summed E-state index contributed by atoms with van der Waals surface area (Å²) < 4.78 is 5.02. The van der Waals surface area contributed by atoms with Crippen molar-refractivity contribution >= 4 is 17.7 Å². The van der Waals surface area contributed by atoms with Gasteiger partial charge >= 0.3 is 5.97 Å². The number of amides is 1. The molecule has 0 bridgehead atoms. The Labute approximate surface area is 129 Å². The van der Waals surface area contributed by atoms with Crippen LogP contribution >= 0.6 is 0 Å². The van der Waals surface area contributed by atoms with E-state index in [1.54, 1.807) is 24.1 Å². The maximum atomic E-state index is 12.5. The maximum absolute atomic E-state index is 12.5. The lowest BCUT2D eigenvalue weighted by atomic mass is 9.77. The Balaban J connectivity index is 2.16. The second-order valence-electron chi connectivity index (χ2n) is 5.63. The van der Waals surface area contributed by atoms with Crippen LogP contribution in [-0.2, 0) is 9.53 Å². The largest absolute Gasteiger partial charge is 0.481 e. The van der Waals surface area contributed by atoms with Crippen molar-refractivity contribution < 1.29 is 19.4 Å². The molecule has 1 aromatic rings. The van der Waals surface area contributed by atoms with E-state index in [0.717, 1.165) is 0 Å². The van der Waals surface area contributed by atoms with Gasteiger partial charge in [-0.25, -0.2) is 4.98 Å². The van der Waals surface area contributed by atoms with E-state index in [9.17, 15) is 14.7 Å². The molecule has 2 rings (SSSR count). The molecule has 7 heteroatoms. The molecule has 0 unspecified atom stereocenters. The number of aromatic nitrogens is 1. The molecule has 1 fully saturated rings. The molecule has 1 atom stereocenters. The van der Waals surface area contributed by atoms with Gasteiger partial charge < -0.3 is 20.5 Å². The molecular formula is C15H21N3O4. The Morgan fingerprint density at radius 2 is 2.27 bits per heavy atom. The predicted octanol–water partition coefficient (Wildman–Crippen LogP) is 1.01. The summed E-state index contributed by atoms with van der Waals surface area (Å²) in [6.07, 6.45) is 3.02. The highest BCUT2D eigenvalue weighted by Crippen LogP contribution is 2.34. The van der Waals surface area contributed by atoms with Crippen LogP contribution in [0.2, 0.25) is 0 Å². The number of ether oxygens (including phenoxy) is 1. The van der Waals surface area contributed by atoms with Gasteiger partial charge in [-0.05, 0) is 31.4 Å². The predicted molar refractivity (Wildman–Crippen MR) is 80.3 cm³/mol. The van der Waals surface area contributed by atoms with Crippen molar-refractivity contribution in [2.24, 2.45) is 5.41 Å². The normalized spacial score (nSPS) is 21.6. The van der Waals surface area contributed by atoms with Crippen LogP contribution in [-0.4, -0.2) is 53.7 Å². The average Bonchev–Trinajstić information content (AvgIpc) is 2.53. The number of carbonyl (C=O) groups is 2. The molecule has 3 N–H and O–H groups in total. The molecule has 0 saturated carbocycles. The molecule has 0 radical (unpaired) electrons. The van der Waals surface area contributed by atoms with Gasteiger partial charge in [-0.2, -0.15) is 0 Å². The van der Waals surface area contributed by atoms with E-state index in [1.807, 2.05) is 0 Å². The Morgan fingerprint density at radius 3 is 2.86 bits per heavy atom. The first-order valence-electron chi connectivity index (χ1n) is 7.22. The summed E-state index contributed by atoms with van der Waals surface area (Å²) in [4.78, 5) is 29.7. The standard InChI is InChI=1S/C15H21N3O4/c1-22-8-6-15(14(20)21)5-2-7-18(10-15)13(19)11-3-4-12(16)17-9-11/h3-4,9H,2,5-8,10H2,1H3,(H2,16,17)(H,20,21)/t15-/m0/s1. The summed E-state index contributed by atoms with van der Waals surface area (Å²) in [5, 5.41) is 9.60. The van der Waals surface area contributed by atoms with Crippen LogP contribution in [0.15, 0.2) is 18.3 Å². The SMILES string of the molecule is COCC[C@@]1(C(=O)O)CCCN(C(=O)c2ccc(N)nc2)C1. The summed E-state index contributed by atoms with van der Waals surface area (Å²) in [5.41, 5.74) is 4.99. The number of likely N-dealkylation sites (tertiary alicyclic amines) is 1. The second-order valence-corrected chi connectivity index (χ2v) is 5.63. The lowest BCUT2D eigenvalue weighted by molar-refractivity contribution is -0.153. The van der Waals surface area contributed by atoms with Crippen LogP contribution < -0.4 is 5.73 Å². The van der Waals surface area contributed by atoms with Gasteiger partial charge in [0.25, 0.3) is 5.91 Å². The number of piperidine rings is 1. The Hall–Kier alpha value is -2.15. The van der Waals surface area contributed by atoms with Gasteiger partial charge in [0.05, 0.1) is 11.0 Å². The van der Waals surface area contributed by atoms with Gasteiger partial charge in [-0.3, -0.25) is 9.59 Å². The van der Waals surface area contributed by atoms with Crippen LogP contribution in [0.3, 0.4) is 0 Å². The first-order valence-corrected chi connectivity index (χ1v) is 7.22. The quantitative estimate of drug-likeness (QED) is 0.841. The smallest absolute Gasteiger partial charge is 0.311 e. The Bertz CT molecular complexity index is 546. The molecule has 7 nitrogen and oxygen atoms in total. The lowest BCUT2D eigenvalue weighted by Crippen LogP contribution is -2.50. The highest BCUT2D eigenvalue weighted by molar-refractivity contribution is 5.94. The monoisotopic (exact) mass is 307 g/mol. The summed E-state index contributed by atoms with van der Waals surface area (Å²) in [6, 6.07) is 3.17. The van der Waals surface area contributed by atoms with Gasteiger partial charge in [0.1, 0.15) is 5.82 Å². The molecule has 0 spiro atoms. The fourth-order valence-electron chi connectivity index (χ4n) is 2.80. The molecule has 0 aliphatic carbocycles. The van der Waals surface area contributed by atoms with Gasteiger partial charge in [0, 0.05) is 33.0 Å². The van der Waals surface area contributed by atoms with E-state index < -0.39 is 11.4 Å². The average molecular weight is 307 g/mol. The highest BCUT2D eigenvalue weighted by atomic mass is 16.5. The topological polar surface area (TPSA) is 106 Å². The zero-order valence-electron chi connectivity index (χ0n) is 12.6. The highest BCUT2D eigenvalue weighted by Gasteiger charge is 2.43. The van der Waals surface area contributed by atoms with E-state index in [-0.39, 0.29) is 12.5 Å². The number of nitrogen functional groups attached to an aromatic ring is 1. The number of carbonyl (C=O) groups excluding carboxylic acids is 1. The van der Waals surface area contributed by atoms with Crippen molar-refractivity contribution in [1.29, 1.82) is 0 Å². The molecule has 1 aliphatic rings. The number of nitrogens with zero attached hydrogens (tertiary/aromatic N) is 2. The first kappa shape index (κ1) is 16.2. The summed E-state index contributed by atoms with van der Waals surface area (Å²) in [6.45, 7) is 1.10. The van der Waals surface area contributed by atoms with Crippen molar-refractivity contribution in [2.75, 3.05) is 32.5 Å². The van der Waals surface area contributed by atoms with Crippen molar-refractivity contribution in [3.8, 4) is 0 Å². The molecule has 1 aliphatic heterocycles. The van der Waals surface area contributed by atoms with E-state index in [0.29, 0.717) is 43.8 Å². The van der Waals surface area contributed by atoms with Crippen LogP contribution in [0.4, 0.5) is 5.82 Å². The zero-order valence-corrected chi connectivity index (χ0v) is 12.6. The molecular weight excluding hydrogens is 286 g/mol. The van der Waals surface area contributed by atoms with E-state index in [1.165, 1.54) is 6.20 Å². The van der Waals surface area contributed by atoms with Gasteiger partial charge in [-0.1, -0.05) is 0 Å². The second kappa shape index (κ2) is 6.74. The Kier molecular flexibility index (Phi) is 4.97. The zero-order chi connectivity index (χ0) is 16.2. The number of aliphatic carboxylic acids is 1. The van der Waals surface area contributed by atoms with Crippen LogP contribution in [0, 0.1) is 5.41 Å². The number of rotatable bonds is 5. The summed E-state index contributed by atoms with van der Waals surface area (Å²) in [7, 11) is 1.54. The number of anilines is 1. The van der Waals surface area contributed by atoms with Crippen LogP contribution in [0.25, 0.3) is 0 Å². The van der Waals surface area contributed by atoms with Crippen LogP contribution in [0.5, 0.6) is 0 Å². The van der Waals surface area contributed by atoms with E-state index in [2.05, 4.69) is 4.98 Å². The fraction of sp³-hybridized carbons (Fsp3) is 0.533. The molecule has 1 saturated heterocycles. The van der Waals surface area contributed by atoms with Gasteiger partial charge in [0.2, 0.25) is 0 Å². The minimum Gasteiger partial charge on any atom is -0.481 e. The lowest BCUT2D eigenvalue weighted by Gasteiger charge is -2.39. The van der Waals surface area contributed by atoms with Crippen molar-refractivity contribution in [3.05, 3.63) is 23.9 Å². The number of hydrogen-bond donors (Lipinski definition) is 2. The minimum absolute atomic E-state index is 0.189. The number of carboxylic acids is 1. The molecule has 1 aromatic heterocycles. The van der Waals surface area contributed by atoms with E-state index in [4.69, 9.17) is 10.5 Å². The number of hydrogen-bond acceptors (Lipinski definition) is 5. The Morgan fingerprint density at radius 1 is 1.50 bits per heavy atom. The van der Waals surface area contributed by atoms with E-state index >= 15 is 0 Å². The number of nitrogens with two attached hydrogens (primary N) is 1. The molecule has 0 aromatic carbocycles. The minimum atomic E-state index is -0.939. The van der Waals surface area contributed by atoms with Crippen LogP contribution in [0.1, 0.15) is 29.6 Å². The first-order chi connectivity index (χ1) is 10.5. The van der Waals surface area contributed by atoms with Gasteiger partial charge in [-0.15, -0.1) is 0 Å². The number of pyridine rings is 1. The number of carboxylic acid groups (broad SMARTS) is 1. The fourth-order valence-corrected chi connectivity index (χ4v) is 2.80. The molecule has 2 heterocycles. The molecule has 120 valence electrons. The van der Waals surface area contributed by atoms with Gasteiger partial charge in [0.15, 0.2) is 0 Å². The maximum Gasteiger partial charge on any atom is 0.311 e. The van der Waals surface area contributed by atoms with Crippen molar-refractivity contribution in [2.45, 2.75) is 19.3 Å². The summed E-state index contributed by atoms with van der Waals surface area (Å²) in [5.74, 6) is -0.747. The van der Waals surface area contributed by atoms with Crippen molar-refractivity contribution in [3.63, 3.8) is 0 Å². The van der Waals surface area contributed by atoms with Crippen molar-refractivity contribution in [1.82, 2.24) is 9.88 Å². The molecule has 22 heavy (non-hydrogen) atoms.